The quantitative estimate of drug-likeness (QED) is 0.721. The van der Waals surface area contributed by atoms with E-state index in [-0.39, 0.29) is 4.90 Å². The lowest BCUT2D eigenvalue weighted by atomic mass is 10.1. The minimum Gasteiger partial charge on any atom is -0.318 e. The van der Waals surface area contributed by atoms with E-state index in [1.165, 1.54) is 6.07 Å². The van der Waals surface area contributed by atoms with Crippen molar-refractivity contribution in [2.24, 2.45) is 0 Å². The molecule has 0 bridgehead atoms. The molecule has 0 aliphatic rings. The molecule has 3 rings (SSSR count). The number of carbonyl (C=O) groups excluding carboxylic acids is 1. The van der Waals surface area contributed by atoms with E-state index < -0.39 is 15.9 Å². The first kappa shape index (κ1) is 19.9. The van der Waals surface area contributed by atoms with Crippen LogP contribution in [-0.2, 0) is 10.0 Å². The number of amides is 1. The van der Waals surface area contributed by atoms with Gasteiger partial charge >= 0.3 is 0 Å². The summed E-state index contributed by atoms with van der Waals surface area (Å²) in [6, 6.07) is 14.5. The predicted octanol–water partition coefficient (Wildman–Crippen LogP) is 4.14. The largest absolute Gasteiger partial charge is 0.318 e. The molecule has 0 saturated carbocycles. The molecule has 0 atom stereocenters. The van der Waals surface area contributed by atoms with Gasteiger partial charge in [-0.3, -0.25) is 4.79 Å². The van der Waals surface area contributed by atoms with Crippen LogP contribution in [0.2, 0.25) is 0 Å². The van der Waals surface area contributed by atoms with Crippen molar-refractivity contribution in [2.45, 2.75) is 39.5 Å². The Morgan fingerprint density at radius 2 is 1.50 bits per heavy atom. The fourth-order valence-electron chi connectivity index (χ4n) is 3.20. The summed E-state index contributed by atoms with van der Waals surface area (Å²) in [6.45, 7) is 9.46. The average Bonchev–Trinajstić information content (AvgIpc) is 2.92. The molecule has 146 valence electrons. The van der Waals surface area contributed by atoms with Gasteiger partial charge in [0.25, 0.3) is 15.9 Å². The zero-order chi connectivity index (χ0) is 20.6. The van der Waals surface area contributed by atoms with Crippen molar-refractivity contribution < 1.29 is 13.2 Å². The Balaban J connectivity index is 1.94. The van der Waals surface area contributed by atoms with E-state index in [0.717, 1.165) is 28.1 Å². The first-order valence-corrected chi connectivity index (χ1v) is 10.5. The molecule has 0 aliphatic heterocycles. The van der Waals surface area contributed by atoms with Gasteiger partial charge in [-0.2, -0.15) is 0 Å². The van der Waals surface area contributed by atoms with E-state index in [1.807, 2.05) is 63.5 Å². The molecule has 0 aliphatic carbocycles. The van der Waals surface area contributed by atoms with E-state index in [1.54, 1.807) is 18.2 Å². The summed E-state index contributed by atoms with van der Waals surface area (Å²) in [5.41, 5.74) is 5.80. The highest BCUT2D eigenvalue weighted by Crippen LogP contribution is 2.22. The molecule has 0 saturated heterocycles. The highest BCUT2D eigenvalue weighted by Gasteiger charge is 2.23. The Labute approximate surface area is 166 Å². The maximum Gasteiger partial charge on any atom is 0.266 e. The minimum absolute atomic E-state index is 0.0799. The molecule has 0 radical (unpaired) electrons. The van der Waals surface area contributed by atoms with Gasteiger partial charge in [0, 0.05) is 17.1 Å². The molecule has 1 amide bonds. The van der Waals surface area contributed by atoms with E-state index in [2.05, 4.69) is 4.72 Å². The Bertz CT molecular complexity index is 1160. The average molecular weight is 397 g/mol. The van der Waals surface area contributed by atoms with Crippen molar-refractivity contribution in [1.29, 1.82) is 0 Å². The summed E-state index contributed by atoms with van der Waals surface area (Å²) in [5.74, 6) is -0.635. The highest BCUT2D eigenvalue weighted by molar-refractivity contribution is 7.90. The molecule has 0 fully saturated rings. The van der Waals surface area contributed by atoms with Crippen LogP contribution in [0.3, 0.4) is 0 Å². The topological polar surface area (TPSA) is 68.2 Å². The van der Waals surface area contributed by atoms with Crippen LogP contribution < -0.4 is 4.72 Å². The van der Waals surface area contributed by atoms with Crippen LogP contribution in [-0.4, -0.2) is 18.9 Å². The molecule has 6 heteroatoms. The number of aromatic nitrogens is 1. The molecule has 0 unspecified atom stereocenters. The second kappa shape index (κ2) is 7.28. The zero-order valence-electron chi connectivity index (χ0n) is 16.7. The van der Waals surface area contributed by atoms with Crippen LogP contribution in [0.1, 0.15) is 38.4 Å². The Hall–Kier alpha value is -2.86. The fraction of sp³-hybridized carbons (Fsp3) is 0.227. The molecule has 1 heterocycles. The second-order valence-electron chi connectivity index (χ2n) is 7.14. The second-order valence-corrected chi connectivity index (χ2v) is 8.82. The van der Waals surface area contributed by atoms with Crippen LogP contribution in [0.5, 0.6) is 0 Å². The van der Waals surface area contributed by atoms with Gasteiger partial charge < -0.3 is 4.57 Å². The third kappa shape index (κ3) is 3.73. The van der Waals surface area contributed by atoms with Gasteiger partial charge in [-0.05, 0) is 76.1 Å². The van der Waals surface area contributed by atoms with Gasteiger partial charge in [-0.25, -0.2) is 13.1 Å². The summed E-state index contributed by atoms with van der Waals surface area (Å²) in [6.07, 6.45) is 0. The molecular weight excluding hydrogens is 372 g/mol. The minimum atomic E-state index is -3.95. The smallest absolute Gasteiger partial charge is 0.266 e. The number of rotatable bonds is 4. The van der Waals surface area contributed by atoms with Gasteiger partial charge in [0.15, 0.2) is 0 Å². The number of aryl methyl sites for hydroxylation is 4. The SMILES string of the molecule is Cc1ccc(-n2c(C)cc(C(=O)NS(=O)(=O)c3ccc(C)c(C)c3)c2C)cc1. The number of hydrogen-bond donors (Lipinski definition) is 1. The Kier molecular flexibility index (Phi) is 5.17. The van der Waals surface area contributed by atoms with Crippen molar-refractivity contribution in [1.82, 2.24) is 9.29 Å². The van der Waals surface area contributed by atoms with E-state index in [0.29, 0.717) is 11.3 Å². The van der Waals surface area contributed by atoms with Crippen LogP contribution in [0.15, 0.2) is 53.4 Å². The number of nitrogens with zero attached hydrogens (tertiary/aromatic N) is 1. The summed E-state index contributed by atoms with van der Waals surface area (Å²) in [7, 11) is -3.95. The normalized spacial score (nSPS) is 11.5. The highest BCUT2D eigenvalue weighted by atomic mass is 32.2. The van der Waals surface area contributed by atoms with E-state index in [4.69, 9.17) is 0 Å². The lowest BCUT2D eigenvalue weighted by Crippen LogP contribution is -2.31. The molecule has 5 nitrogen and oxygen atoms in total. The summed E-state index contributed by atoms with van der Waals surface area (Å²) < 4.78 is 29.4. The summed E-state index contributed by atoms with van der Waals surface area (Å²) in [5, 5.41) is 0. The van der Waals surface area contributed by atoms with Gasteiger partial charge in [0.2, 0.25) is 0 Å². The molecule has 1 N–H and O–H groups in total. The van der Waals surface area contributed by atoms with Crippen molar-refractivity contribution in [3.05, 3.63) is 82.2 Å². The Morgan fingerprint density at radius 1 is 0.857 bits per heavy atom. The van der Waals surface area contributed by atoms with Gasteiger partial charge in [0.05, 0.1) is 10.5 Å². The van der Waals surface area contributed by atoms with Crippen molar-refractivity contribution in [3.63, 3.8) is 0 Å². The summed E-state index contributed by atoms with van der Waals surface area (Å²) in [4.78, 5) is 12.8. The van der Waals surface area contributed by atoms with Crippen LogP contribution >= 0.6 is 0 Å². The lowest BCUT2D eigenvalue weighted by Gasteiger charge is -2.11. The zero-order valence-corrected chi connectivity index (χ0v) is 17.5. The van der Waals surface area contributed by atoms with Gasteiger partial charge in [0.1, 0.15) is 0 Å². The standard InChI is InChI=1S/C22H24N2O3S/c1-14-6-9-19(10-7-14)24-17(4)13-21(18(24)5)22(25)23-28(26,27)20-11-8-15(2)16(3)12-20/h6-13H,1-5H3,(H,23,25). The third-order valence-corrected chi connectivity index (χ3v) is 6.31. The van der Waals surface area contributed by atoms with Crippen LogP contribution in [0, 0.1) is 34.6 Å². The fourth-order valence-corrected chi connectivity index (χ4v) is 4.25. The monoisotopic (exact) mass is 396 g/mol. The number of hydrogen-bond acceptors (Lipinski definition) is 3. The molecule has 1 aromatic heterocycles. The van der Waals surface area contributed by atoms with Crippen LogP contribution in [0.4, 0.5) is 0 Å². The lowest BCUT2D eigenvalue weighted by molar-refractivity contribution is 0.0981. The molecule has 28 heavy (non-hydrogen) atoms. The van der Waals surface area contributed by atoms with Crippen molar-refractivity contribution >= 4 is 15.9 Å². The number of carbonyl (C=O) groups is 1. The third-order valence-electron chi connectivity index (χ3n) is 4.98. The number of sulfonamides is 1. The number of nitrogens with one attached hydrogen (secondary N) is 1. The van der Waals surface area contributed by atoms with Crippen LogP contribution in [0.25, 0.3) is 5.69 Å². The maximum atomic E-state index is 12.8. The molecule has 3 aromatic rings. The van der Waals surface area contributed by atoms with Gasteiger partial charge in [-0.1, -0.05) is 23.8 Å². The Morgan fingerprint density at radius 3 is 2.11 bits per heavy atom. The molecule has 2 aromatic carbocycles. The predicted molar refractivity (Wildman–Crippen MR) is 111 cm³/mol. The van der Waals surface area contributed by atoms with Crippen molar-refractivity contribution in [2.75, 3.05) is 0 Å². The summed E-state index contributed by atoms with van der Waals surface area (Å²) >= 11 is 0. The number of benzene rings is 2. The molecular formula is C22H24N2O3S. The van der Waals surface area contributed by atoms with Crippen molar-refractivity contribution in [3.8, 4) is 5.69 Å². The van der Waals surface area contributed by atoms with E-state index in [9.17, 15) is 13.2 Å². The molecule has 0 spiro atoms. The first-order valence-electron chi connectivity index (χ1n) is 9.00. The van der Waals surface area contributed by atoms with E-state index >= 15 is 0 Å². The van der Waals surface area contributed by atoms with Gasteiger partial charge in [-0.15, -0.1) is 0 Å². The maximum absolute atomic E-state index is 12.8. The first-order chi connectivity index (χ1) is 13.1.